The molecule has 1 saturated heterocycles. The molecule has 0 saturated carbocycles. The van der Waals surface area contributed by atoms with Gasteiger partial charge in [0.05, 0.1) is 18.8 Å². The fraction of sp³-hybridized carbons (Fsp3) is 0.600. The maximum atomic E-state index is 13.0. The van der Waals surface area contributed by atoms with Crippen LogP contribution in [0.5, 0.6) is 5.75 Å². The first-order valence-corrected chi connectivity index (χ1v) is 11.9. The molecular weight excluding hydrogens is 402 g/mol. The molecule has 7 nitrogen and oxygen atoms in total. The molecule has 1 aliphatic carbocycles. The Balaban J connectivity index is 1.66. The average molecular weight is 438 g/mol. The molecule has 172 valence electrons. The zero-order chi connectivity index (χ0) is 22.7. The van der Waals surface area contributed by atoms with Crippen LogP contribution in [0, 0.1) is 0 Å². The lowest BCUT2D eigenvalue weighted by molar-refractivity contribution is -0.130. The topological polar surface area (TPSA) is 71.5 Å². The molecule has 0 radical (unpaired) electrons. The lowest BCUT2D eigenvalue weighted by atomic mass is 9.87. The summed E-state index contributed by atoms with van der Waals surface area (Å²) < 4.78 is 5.78. The van der Waals surface area contributed by atoms with E-state index in [9.17, 15) is 4.79 Å². The van der Waals surface area contributed by atoms with Crippen LogP contribution in [-0.2, 0) is 16.6 Å². The van der Waals surface area contributed by atoms with Crippen molar-refractivity contribution in [1.82, 2.24) is 19.9 Å². The molecule has 2 aliphatic rings. The highest BCUT2D eigenvalue weighted by molar-refractivity contribution is 5.81. The quantitative estimate of drug-likeness (QED) is 0.652. The van der Waals surface area contributed by atoms with Gasteiger partial charge in [0.1, 0.15) is 17.3 Å². The van der Waals surface area contributed by atoms with Crippen LogP contribution in [0.25, 0.3) is 11.5 Å². The van der Waals surface area contributed by atoms with Gasteiger partial charge < -0.3 is 14.5 Å². The van der Waals surface area contributed by atoms with Gasteiger partial charge in [0, 0.05) is 38.0 Å². The van der Waals surface area contributed by atoms with E-state index in [2.05, 4.69) is 25.8 Å². The standard InChI is InChI=1S/C25H35N5O2/c1-5-15-32-18-10-12-26-20(16-18)23-27-19-9-11-25(2,3)22(19)24(28-23)29(4)17-21(31)30-13-7-6-8-14-30/h10,12,16H,5-9,11,13-15,17H2,1-4H3. The highest BCUT2D eigenvalue weighted by Crippen LogP contribution is 2.43. The number of hydrogen-bond acceptors (Lipinski definition) is 6. The first kappa shape index (κ1) is 22.5. The second kappa shape index (κ2) is 9.43. The Morgan fingerprint density at radius 2 is 2.00 bits per heavy atom. The minimum Gasteiger partial charge on any atom is -0.493 e. The summed E-state index contributed by atoms with van der Waals surface area (Å²) in [5, 5.41) is 0. The summed E-state index contributed by atoms with van der Waals surface area (Å²) in [6.07, 6.45) is 8.02. The van der Waals surface area contributed by atoms with Crippen molar-refractivity contribution >= 4 is 11.7 Å². The second-order valence-corrected chi connectivity index (χ2v) is 9.60. The van der Waals surface area contributed by atoms with Crippen LogP contribution in [0.4, 0.5) is 5.82 Å². The maximum absolute atomic E-state index is 13.0. The number of aromatic nitrogens is 3. The van der Waals surface area contributed by atoms with Crippen LogP contribution in [0.15, 0.2) is 18.3 Å². The molecule has 32 heavy (non-hydrogen) atoms. The van der Waals surface area contributed by atoms with Gasteiger partial charge in [-0.05, 0) is 50.0 Å². The fourth-order valence-electron chi connectivity index (χ4n) is 4.68. The summed E-state index contributed by atoms with van der Waals surface area (Å²) in [6.45, 7) is 9.27. The molecule has 0 aromatic carbocycles. The molecule has 1 amide bonds. The molecule has 0 atom stereocenters. The van der Waals surface area contributed by atoms with Crippen molar-refractivity contribution in [1.29, 1.82) is 0 Å². The van der Waals surface area contributed by atoms with E-state index in [1.807, 2.05) is 29.0 Å². The first-order chi connectivity index (χ1) is 15.4. The number of carbonyl (C=O) groups excluding carboxylic acids is 1. The molecule has 3 heterocycles. The van der Waals surface area contributed by atoms with Crippen LogP contribution in [0.2, 0.25) is 0 Å². The predicted octanol–water partition coefficient (Wildman–Crippen LogP) is 4.00. The smallest absolute Gasteiger partial charge is 0.242 e. The Morgan fingerprint density at radius 1 is 1.22 bits per heavy atom. The molecule has 7 heteroatoms. The fourth-order valence-corrected chi connectivity index (χ4v) is 4.68. The SMILES string of the molecule is CCCOc1ccnc(-c2nc3c(c(N(C)CC(=O)N4CCCCC4)n2)C(C)(C)CC3)c1. The zero-order valence-electron chi connectivity index (χ0n) is 19.9. The lowest BCUT2D eigenvalue weighted by Gasteiger charge is -2.31. The van der Waals surface area contributed by atoms with Crippen molar-refractivity contribution < 1.29 is 9.53 Å². The third-order valence-corrected chi connectivity index (χ3v) is 6.50. The van der Waals surface area contributed by atoms with E-state index in [1.165, 1.54) is 6.42 Å². The van der Waals surface area contributed by atoms with E-state index in [1.54, 1.807) is 6.20 Å². The molecule has 1 aliphatic heterocycles. The van der Waals surface area contributed by atoms with Crippen molar-refractivity contribution in [2.75, 3.05) is 38.2 Å². The molecule has 2 aromatic rings. The summed E-state index contributed by atoms with van der Waals surface area (Å²) in [7, 11) is 1.97. The Hall–Kier alpha value is -2.70. The van der Waals surface area contributed by atoms with Gasteiger partial charge in [0.25, 0.3) is 0 Å². The molecule has 0 unspecified atom stereocenters. The highest BCUT2D eigenvalue weighted by atomic mass is 16.5. The lowest BCUT2D eigenvalue weighted by Crippen LogP contribution is -2.42. The molecule has 0 spiro atoms. The molecular formula is C25H35N5O2. The van der Waals surface area contributed by atoms with E-state index < -0.39 is 0 Å². The normalized spacial score (nSPS) is 17.2. The number of piperidine rings is 1. The number of hydrogen-bond donors (Lipinski definition) is 0. The number of fused-ring (bicyclic) bond motifs is 1. The van der Waals surface area contributed by atoms with Gasteiger partial charge in [-0.2, -0.15) is 0 Å². The summed E-state index contributed by atoms with van der Waals surface area (Å²) >= 11 is 0. The minimum atomic E-state index is -0.0227. The van der Waals surface area contributed by atoms with Crippen LogP contribution < -0.4 is 9.64 Å². The number of likely N-dealkylation sites (tertiary alicyclic amines) is 1. The Bertz CT molecular complexity index is 969. The second-order valence-electron chi connectivity index (χ2n) is 9.60. The Labute approximate surface area is 191 Å². The van der Waals surface area contributed by atoms with E-state index >= 15 is 0 Å². The van der Waals surface area contributed by atoms with Crippen molar-refractivity contribution in [3.63, 3.8) is 0 Å². The van der Waals surface area contributed by atoms with Crippen molar-refractivity contribution in [2.24, 2.45) is 0 Å². The third kappa shape index (κ3) is 4.71. The van der Waals surface area contributed by atoms with Gasteiger partial charge >= 0.3 is 0 Å². The van der Waals surface area contributed by atoms with Crippen molar-refractivity contribution in [3.05, 3.63) is 29.6 Å². The van der Waals surface area contributed by atoms with E-state index in [0.717, 1.165) is 68.0 Å². The van der Waals surface area contributed by atoms with Gasteiger partial charge in [0.15, 0.2) is 5.82 Å². The first-order valence-electron chi connectivity index (χ1n) is 11.9. The Kier molecular flexibility index (Phi) is 6.63. The van der Waals surface area contributed by atoms with Gasteiger partial charge in [0.2, 0.25) is 5.91 Å². The van der Waals surface area contributed by atoms with Crippen LogP contribution >= 0.6 is 0 Å². The molecule has 0 bridgehead atoms. The Morgan fingerprint density at radius 3 is 2.75 bits per heavy atom. The van der Waals surface area contributed by atoms with Gasteiger partial charge in [-0.15, -0.1) is 0 Å². The van der Waals surface area contributed by atoms with E-state index in [4.69, 9.17) is 14.7 Å². The number of ether oxygens (including phenoxy) is 1. The number of likely N-dealkylation sites (N-methyl/N-ethyl adjacent to an activating group) is 1. The molecule has 2 aromatic heterocycles. The van der Waals surface area contributed by atoms with Gasteiger partial charge in [-0.1, -0.05) is 20.8 Å². The molecule has 0 N–H and O–H groups in total. The number of rotatable bonds is 7. The number of aryl methyl sites for hydroxylation is 1. The largest absolute Gasteiger partial charge is 0.493 e. The third-order valence-electron chi connectivity index (χ3n) is 6.50. The van der Waals surface area contributed by atoms with Crippen LogP contribution in [0.1, 0.15) is 64.1 Å². The summed E-state index contributed by atoms with van der Waals surface area (Å²) in [4.78, 5) is 31.3. The summed E-state index contributed by atoms with van der Waals surface area (Å²) in [5.41, 5.74) is 2.90. The number of amides is 1. The molecule has 1 fully saturated rings. The van der Waals surface area contributed by atoms with Crippen LogP contribution in [0.3, 0.4) is 0 Å². The van der Waals surface area contributed by atoms with Crippen molar-refractivity contribution in [2.45, 2.75) is 64.7 Å². The molecule has 4 rings (SSSR count). The van der Waals surface area contributed by atoms with E-state index in [-0.39, 0.29) is 11.3 Å². The summed E-state index contributed by atoms with van der Waals surface area (Å²) in [6, 6.07) is 3.76. The maximum Gasteiger partial charge on any atom is 0.242 e. The number of pyridine rings is 1. The average Bonchev–Trinajstić information content (AvgIpc) is 3.12. The number of nitrogens with zero attached hydrogens (tertiary/aromatic N) is 5. The van der Waals surface area contributed by atoms with E-state index in [0.29, 0.717) is 24.7 Å². The zero-order valence-corrected chi connectivity index (χ0v) is 19.9. The summed E-state index contributed by atoms with van der Waals surface area (Å²) in [5.74, 6) is 2.39. The van der Waals surface area contributed by atoms with Crippen LogP contribution in [-0.4, -0.2) is 59.0 Å². The van der Waals surface area contributed by atoms with Gasteiger partial charge in [-0.25, -0.2) is 9.97 Å². The van der Waals surface area contributed by atoms with Gasteiger partial charge in [-0.3, -0.25) is 9.78 Å². The highest BCUT2D eigenvalue weighted by Gasteiger charge is 2.36. The minimum absolute atomic E-state index is 0.0227. The number of carbonyl (C=O) groups is 1. The number of anilines is 1. The predicted molar refractivity (Wildman–Crippen MR) is 126 cm³/mol. The van der Waals surface area contributed by atoms with Crippen molar-refractivity contribution in [3.8, 4) is 17.3 Å². The monoisotopic (exact) mass is 437 g/mol.